The fourth-order valence-corrected chi connectivity index (χ4v) is 5.23. The summed E-state index contributed by atoms with van der Waals surface area (Å²) in [4.78, 5) is 43.7. The third-order valence-corrected chi connectivity index (χ3v) is 7.71. The van der Waals surface area contributed by atoms with Crippen molar-refractivity contribution in [3.63, 3.8) is 0 Å². The highest BCUT2D eigenvalue weighted by molar-refractivity contribution is 7.80. The number of carbonyl (C=O) groups is 3. The fourth-order valence-electron chi connectivity index (χ4n) is 4.56. The minimum atomic E-state index is -1.82. The number of nitrogens with one attached hydrogen (secondary N) is 3. The lowest BCUT2D eigenvalue weighted by atomic mass is 10.0. The van der Waals surface area contributed by atoms with Gasteiger partial charge in [0.05, 0.1) is 16.9 Å². The molecule has 1 unspecified atom stereocenters. The van der Waals surface area contributed by atoms with Gasteiger partial charge in [-0.15, -0.1) is 0 Å². The van der Waals surface area contributed by atoms with Gasteiger partial charge in [-0.1, -0.05) is 66.7 Å². The van der Waals surface area contributed by atoms with Crippen LogP contribution in [0.2, 0.25) is 0 Å². The second-order valence-corrected chi connectivity index (χ2v) is 11.1. The van der Waals surface area contributed by atoms with Crippen LogP contribution in [0.15, 0.2) is 121 Å². The molecule has 10 nitrogen and oxygen atoms in total. The Balaban J connectivity index is 1.21. The minimum Gasteiger partial charge on any atom is -0.349 e. The highest BCUT2D eigenvalue weighted by Gasteiger charge is 2.27. The van der Waals surface area contributed by atoms with Crippen LogP contribution in [0.5, 0.6) is 0 Å². The van der Waals surface area contributed by atoms with Crippen molar-refractivity contribution in [2.45, 2.75) is 30.3 Å². The molecule has 0 fully saturated rings. The zero-order chi connectivity index (χ0) is 30.7. The number of Topliss-reactive ketones (excluding diaryl/α,β-unsaturated/α-hetero) is 1. The molecule has 5 aromatic rings. The summed E-state index contributed by atoms with van der Waals surface area (Å²) < 4.78 is 20.0. The van der Waals surface area contributed by atoms with Crippen LogP contribution >= 0.6 is 0 Å². The molecule has 3 N–H and O–H groups in total. The number of rotatable bonds is 14. The lowest BCUT2D eigenvalue weighted by molar-refractivity contribution is -0.138. The van der Waals surface area contributed by atoms with Crippen molar-refractivity contribution in [2.24, 2.45) is 0 Å². The zero-order valence-electron chi connectivity index (χ0n) is 23.7. The number of anilines is 1. The van der Waals surface area contributed by atoms with E-state index in [1.165, 1.54) is 6.07 Å². The largest absolute Gasteiger partial charge is 0.349 e. The van der Waals surface area contributed by atoms with Crippen molar-refractivity contribution in [3.8, 4) is 0 Å². The van der Waals surface area contributed by atoms with Gasteiger partial charge in [-0.3, -0.25) is 19.9 Å². The molecule has 1 heterocycles. The van der Waals surface area contributed by atoms with Crippen molar-refractivity contribution in [3.05, 3.63) is 127 Å². The van der Waals surface area contributed by atoms with Gasteiger partial charge >= 0.3 is 0 Å². The molecule has 44 heavy (non-hydrogen) atoms. The number of amides is 2. The molecule has 5 rings (SSSR count). The van der Waals surface area contributed by atoms with Crippen LogP contribution in [0, 0.1) is 0 Å². The summed E-state index contributed by atoms with van der Waals surface area (Å²) in [5, 5.41) is 7.33. The molecule has 2 amide bonds. The third-order valence-electron chi connectivity index (χ3n) is 6.84. The van der Waals surface area contributed by atoms with Crippen molar-refractivity contribution < 1.29 is 22.9 Å². The van der Waals surface area contributed by atoms with E-state index in [0.717, 1.165) is 16.3 Å². The van der Waals surface area contributed by atoms with E-state index < -0.39 is 34.7 Å². The van der Waals surface area contributed by atoms with Gasteiger partial charge in [-0.05, 0) is 53.1 Å². The smallest absolute Gasteiger partial charge is 0.289 e. The maximum Gasteiger partial charge on any atom is 0.289 e. The first-order chi connectivity index (χ1) is 21.5. The highest BCUT2D eigenvalue weighted by atomic mass is 32.2. The Morgan fingerprint density at radius 1 is 0.886 bits per heavy atom. The first kappa shape index (κ1) is 30.3. The molecule has 0 spiro atoms. The number of benzene rings is 4. The fraction of sp³-hybridized carbons (Fsp3) is 0.152. The molecule has 1 aromatic heterocycles. The molecule has 11 heteroatoms. The summed E-state index contributed by atoms with van der Waals surface area (Å²) >= 11 is -1.82. The van der Waals surface area contributed by atoms with Gasteiger partial charge in [0.25, 0.3) is 11.8 Å². The second-order valence-electron chi connectivity index (χ2n) is 10.00. The Bertz CT molecular complexity index is 1760. The van der Waals surface area contributed by atoms with Crippen LogP contribution in [-0.2, 0) is 37.9 Å². The SMILES string of the molecule is O=C(NCCCn1ccnc1)C(=O)[C@H](Cc1ccccc1)NC(=O)c1cccc(NOS(=O)c2ccc3ccccc3c2)c1. The number of hydrogen-bond donors (Lipinski definition) is 3. The van der Waals surface area contributed by atoms with Gasteiger partial charge in [0.1, 0.15) is 6.04 Å². The standard InChI is InChI=1S/C33H31N5O5S/c39-31(33(41)35-16-7-18-38-19-17-34-23-38)30(20-24-8-2-1-3-9-24)36-32(40)27-12-6-13-28(21-27)37-43-44(42)29-15-14-25-10-4-5-11-26(25)22-29/h1-6,8-15,17,19,21-23,30,37H,7,16,18,20H2,(H,35,41)(H,36,40)/t30-,44?/m0/s1. The van der Waals surface area contributed by atoms with Crippen LogP contribution in [0.3, 0.4) is 0 Å². The quantitative estimate of drug-likeness (QED) is 0.0976. The van der Waals surface area contributed by atoms with Gasteiger partial charge < -0.3 is 15.2 Å². The van der Waals surface area contributed by atoms with Crippen LogP contribution in [0.25, 0.3) is 10.8 Å². The number of aryl methyl sites for hydroxylation is 1. The number of aromatic nitrogens is 2. The van der Waals surface area contributed by atoms with Crippen LogP contribution < -0.4 is 16.1 Å². The number of nitrogens with zero attached hydrogens (tertiary/aromatic N) is 2. The normalized spacial score (nSPS) is 12.3. The molecule has 224 valence electrons. The maximum absolute atomic E-state index is 13.3. The Hall–Kier alpha value is -5.13. The Kier molecular flexibility index (Phi) is 10.2. The Morgan fingerprint density at radius 3 is 2.48 bits per heavy atom. The number of fused-ring (bicyclic) bond motifs is 1. The molecule has 0 saturated carbocycles. The number of hydrogen-bond acceptors (Lipinski definition) is 7. The van der Waals surface area contributed by atoms with Gasteiger partial charge in [0.2, 0.25) is 16.9 Å². The lowest BCUT2D eigenvalue weighted by Crippen LogP contribution is -2.48. The van der Waals surface area contributed by atoms with Crippen LogP contribution in [0.4, 0.5) is 5.69 Å². The molecular weight excluding hydrogens is 578 g/mol. The first-order valence-electron chi connectivity index (χ1n) is 14.0. The van der Waals surface area contributed by atoms with Gasteiger partial charge in [0, 0.05) is 37.5 Å². The van der Waals surface area contributed by atoms with E-state index >= 15 is 0 Å². The molecule has 0 radical (unpaired) electrons. The minimum absolute atomic E-state index is 0.139. The highest BCUT2D eigenvalue weighted by Crippen LogP contribution is 2.19. The maximum atomic E-state index is 13.3. The molecule has 2 atom stereocenters. The monoisotopic (exact) mass is 609 g/mol. The van der Waals surface area contributed by atoms with Gasteiger partial charge in [0.15, 0.2) is 0 Å². The van der Waals surface area contributed by atoms with Crippen molar-refractivity contribution in [1.29, 1.82) is 0 Å². The molecule has 0 aliphatic rings. The van der Waals surface area contributed by atoms with Gasteiger partial charge in [-0.25, -0.2) is 9.19 Å². The van der Waals surface area contributed by atoms with E-state index in [0.29, 0.717) is 30.1 Å². The molecule has 4 aromatic carbocycles. The van der Waals surface area contributed by atoms with E-state index in [-0.39, 0.29) is 12.0 Å². The predicted octanol–water partition coefficient (Wildman–Crippen LogP) is 4.22. The van der Waals surface area contributed by atoms with Crippen molar-refractivity contribution in [1.82, 2.24) is 20.2 Å². The molecular formula is C33H31N5O5S. The summed E-state index contributed by atoms with van der Waals surface area (Å²) in [7, 11) is 0. The van der Waals surface area contributed by atoms with Crippen molar-refractivity contribution >= 4 is 45.1 Å². The topological polar surface area (TPSA) is 131 Å². The van der Waals surface area contributed by atoms with Crippen molar-refractivity contribution in [2.75, 3.05) is 12.0 Å². The molecule has 0 aliphatic heterocycles. The third kappa shape index (κ3) is 8.24. The van der Waals surface area contributed by atoms with Crippen LogP contribution in [0.1, 0.15) is 22.3 Å². The van der Waals surface area contributed by atoms with E-state index in [4.69, 9.17) is 4.28 Å². The molecule has 0 aliphatic carbocycles. The zero-order valence-corrected chi connectivity index (χ0v) is 24.5. The van der Waals surface area contributed by atoms with E-state index in [9.17, 15) is 18.6 Å². The first-order valence-corrected chi connectivity index (χ1v) is 15.1. The summed E-state index contributed by atoms with van der Waals surface area (Å²) in [5.41, 5.74) is 4.04. The number of ketones is 1. The second kappa shape index (κ2) is 14.9. The summed E-state index contributed by atoms with van der Waals surface area (Å²) in [6.07, 6.45) is 5.92. The van der Waals surface area contributed by atoms with Crippen LogP contribution in [-0.4, -0.2) is 43.9 Å². The molecule has 0 saturated heterocycles. The van der Waals surface area contributed by atoms with E-state index in [1.807, 2.05) is 71.4 Å². The summed E-state index contributed by atoms with van der Waals surface area (Å²) in [6.45, 7) is 0.936. The summed E-state index contributed by atoms with van der Waals surface area (Å²) in [5.74, 6) is -2.06. The number of carbonyl (C=O) groups excluding carboxylic acids is 3. The number of imidazole rings is 1. The average Bonchev–Trinajstić information content (AvgIpc) is 3.59. The Labute approximate surface area is 257 Å². The average molecular weight is 610 g/mol. The van der Waals surface area contributed by atoms with E-state index in [2.05, 4.69) is 21.1 Å². The Morgan fingerprint density at radius 2 is 1.68 bits per heavy atom. The molecule has 0 bridgehead atoms. The van der Waals surface area contributed by atoms with Gasteiger partial charge in [-0.2, -0.15) is 4.28 Å². The predicted molar refractivity (Wildman–Crippen MR) is 168 cm³/mol. The summed E-state index contributed by atoms with van der Waals surface area (Å²) in [6, 6.07) is 27.5. The van der Waals surface area contributed by atoms with E-state index in [1.54, 1.807) is 42.9 Å². The lowest BCUT2D eigenvalue weighted by Gasteiger charge is -2.18.